The molecule has 1 saturated heterocycles. The Balaban J connectivity index is 1.63. The van der Waals surface area contributed by atoms with Gasteiger partial charge in [0.25, 0.3) is 5.56 Å². The van der Waals surface area contributed by atoms with Gasteiger partial charge in [-0.1, -0.05) is 44.0 Å². The van der Waals surface area contributed by atoms with Crippen LogP contribution in [-0.4, -0.2) is 32.9 Å². The van der Waals surface area contributed by atoms with Crippen molar-refractivity contribution in [3.05, 3.63) is 38.9 Å². The van der Waals surface area contributed by atoms with E-state index in [0.29, 0.717) is 20.9 Å². The van der Waals surface area contributed by atoms with Crippen molar-refractivity contribution in [2.24, 2.45) is 10.8 Å². The number of carbonyl (C=O) groups is 1. The van der Waals surface area contributed by atoms with Gasteiger partial charge in [-0.25, -0.2) is 4.98 Å². The Bertz CT molecular complexity index is 1000. The van der Waals surface area contributed by atoms with Crippen molar-refractivity contribution in [1.82, 2.24) is 14.5 Å². The summed E-state index contributed by atoms with van der Waals surface area (Å²) in [5.41, 5.74) is 0.504. The lowest BCUT2D eigenvalue weighted by molar-refractivity contribution is -0.133. The summed E-state index contributed by atoms with van der Waals surface area (Å²) in [4.78, 5) is 32.1. The molecular weight excluding hydrogens is 385 g/mol. The lowest BCUT2D eigenvalue weighted by atomic mass is 9.65. The van der Waals surface area contributed by atoms with Gasteiger partial charge in [-0.15, -0.1) is 0 Å². The minimum atomic E-state index is -0.300. The minimum absolute atomic E-state index is 0.0150. The number of halogens is 2. The SMILES string of the molecule is CC1(C)C[C@@H]2C[C@@](C)(CN2C(=O)Cn2cnc3c(Cl)cc(Cl)cc3c2=O)C1. The fraction of sp³-hybridized carbons (Fsp3) is 0.550. The molecule has 1 aromatic heterocycles. The summed E-state index contributed by atoms with van der Waals surface area (Å²) in [5, 5.41) is 1.03. The number of likely N-dealkylation sites (tertiary alicyclic amines) is 1. The highest BCUT2D eigenvalue weighted by Crippen LogP contribution is 2.52. The van der Waals surface area contributed by atoms with Gasteiger partial charge in [0.2, 0.25) is 5.91 Å². The van der Waals surface area contributed by atoms with Gasteiger partial charge in [0, 0.05) is 17.6 Å². The Hall–Kier alpha value is -1.59. The van der Waals surface area contributed by atoms with E-state index in [9.17, 15) is 9.59 Å². The molecule has 0 unspecified atom stereocenters. The number of hydrogen-bond donors (Lipinski definition) is 0. The van der Waals surface area contributed by atoms with Crippen molar-refractivity contribution in [2.45, 2.75) is 52.6 Å². The van der Waals surface area contributed by atoms with Gasteiger partial charge in [0.15, 0.2) is 0 Å². The first-order valence-electron chi connectivity index (χ1n) is 9.21. The molecule has 2 heterocycles. The van der Waals surface area contributed by atoms with Crippen LogP contribution in [0.2, 0.25) is 10.0 Å². The Kier molecular flexibility index (Phi) is 4.32. The number of carbonyl (C=O) groups excluding carboxylic acids is 1. The number of hydrogen-bond acceptors (Lipinski definition) is 3. The van der Waals surface area contributed by atoms with Crippen molar-refractivity contribution >= 4 is 40.0 Å². The first-order valence-corrected chi connectivity index (χ1v) is 9.96. The highest BCUT2D eigenvalue weighted by molar-refractivity contribution is 6.38. The van der Waals surface area contributed by atoms with Gasteiger partial charge >= 0.3 is 0 Å². The van der Waals surface area contributed by atoms with E-state index in [1.165, 1.54) is 10.9 Å². The molecule has 2 aliphatic rings. The third-order valence-corrected chi connectivity index (χ3v) is 6.39. The largest absolute Gasteiger partial charge is 0.338 e. The van der Waals surface area contributed by atoms with Crippen molar-refractivity contribution in [1.29, 1.82) is 0 Å². The normalized spacial score (nSPS) is 26.6. The van der Waals surface area contributed by atoms with Crippen LogP contribution in [0.25, 0.3) is 10.9 Å². The van der Waals surface area contributed by atoms with Crippen LogP contribution in [0.4, 0.5) is 0 Å². The molecule has 1 amide bonds. The maximum absolute atomic E-state index is 13.0. The molecule has 0 radical (unpaired) electrons. The summed E-state index contributed by atoms with van der Waals surface area (Å²) in [7, 11) is 0. The zero-order chi connectivity index (χ0) is 19.6. The molecule has 2 atom stereocenters. The van der Waals surface area contributed by atoms with Crippen LogP contribution in [0.1, 0.15) is 40.0 Å². The van der Waals surface area contributed by atoms with E-state index in [2.05, 4.69) is 25.8 Å². The predicted molar refractivity (Wildman–Crippen MR) is 107 cm³/mol. The molecule has 0 spiro atoms. The van der Waals surface area contributed by atoms with Crippen LogP contribution in [0.15, 0.2) is 23.3 Å². The zero-order valence-electron chi connectivity index (χ0n) is 15.8. The molecule has 0 N–H and O–H groups in total. The minimum Gasteiger partial charge on any atom is -0.338 e. The average molecular weight is 408 g/mol. The lowest BCUT2D eigenvalue weighted by Gasteiger charge is -2.39. The molecule has 7 heteroatoms. The summed E-state index contributed by atoms with van der Waals surface area (Å²) >= 11 is 12.2. The van der Waals surface area contributed by atoms with Crippen LogP contribution < -0.4 is 5.56 Å². The Morgan fingerprint density at radius 1 is 1.26 bits per heavy atom. The topological polar surface area (TPSA) is 55.2 Å². The monoisotopic (exact) mass is 407 g/mol. The molecule has 1 aliphatic heterocycles. The highest BCUT2D eigenvalue weighted by atomic mass is 35.5. The second-order valence-corrected chi connectivity index (χ2v) is 10.0. The van der Waals surface area contributed by atoms with E-state index in [1.807, 2.05) is 4.90 Å². The maximum Gasteiger partial charge on any atom is 0.261 e. The maximum atomic E-state index is 13.0. The van der Waals surface area contributed by atoms with Crippen molar-refractivity contribution in [3.63, 3.8) is 0 Å². The summed E-state index contributed by atoms with van der Waals surface area (Å²) < 4.78 is 1.35. The smallest absolute Gasteiger partial charge is 0.261 e. The van der Waals surface area contributed by atoms with E-state index in [4.69, 9.17) is 23.2 Å². The number of nitrogens with zero attached hydrogens (tertiary/aromatic N) is 3. The van der Waals surface area contributed by atoms with Gasteiger partial charge in [-0.05, 0) is 42.2 Å². The molecule has 1 saturated carbocycles. The predicted octanol–water partition coefficient (Wildman–Crippen LogP) is 4.13. The highest BCUT2D eigenvalue weighted by Gasteiger charge is 2.50. The molecule has 1 aromatic carbocycles. The van der Waals surface area contributed by atoms with Gasteiger partial charge in [-0.2, -0.15) is 0 Å². The number of benzene rings is 1. The Labute approximate surface area is 168 Å². The molecule has 1 aliphatic carbocycles. The first-order chi connectivity index (χ1) is 12.6. The van der Waals surface area contributed by atoms with Gasteiger partial charge in [0.1, 0.15) is 6.54 Å². The Morgan fingerprint density at radius 2 is 2.00 bits per heavy atom. The van der Waals surface area contributed by atoms with E-state index in [1.54, 1.807) is 12.1 Å². The van der Waals surface area contributed by atoms with E-state index in [0.717, 1.165) is 25.8 Å². The average Bonchev–Trinajstić information content (AvgIpc) is 2.79. The van der Waals surface area contributed by atoms with Crippen LogP contribution in [-0.2, 0) is 11.3 Å². The summed E-state index contributed by atoms with van der Waals surface area (Å²) in [6.07, 6.45) is 4.56. The van der Waals surface area contributed by atoms with E-state index >= 15 is 0 Å². The third-order valence-electron chi connectivity index (χ3n) is 5.89. The third kappa shape index (κ3) is 3.36. The quantitative estimate of drug-likeness (QED) is 0.751. The van der Waals surface area contributed by atoms with Crippen LogP contribution in [0, 0.1) is 10.8 Å². The van der Waals surface area contributed by atoms with Crippen molar-refractivity contribution in [2.75, 3.05) is 6.54 Å². The van der Waals surface area contributed by atoms with Crippen molar-refractivity contribution < 1.29 is 4.79 Å². The number of fused-ring (bicyclic) bond motifs is 3. The second-order valence-electron chi connectivity index (χ2n) is 9.20. The Morgan fingerprint density at radius 3 is 2.74 bits per heavy atom. The fourth-order valence-electron chi connectivity index (χ4n) is 5.30. The van der Waals surface area contributed by atoms with Gasteiger partial charge in [0.05, 0.1) is 22.3 Å². The number of aromatic nitrogens is 2. The second kappa shape index (κ2) is 6.21. The number of rotatable bonds is 2. The molecule has 2 bridgehead atoms. The molecule has 27 heavy (non-hydrogen) atoms. The molecular formula is C20H23Cl2N3O2. The molecule has 4 rings (SSSR count). The van der Waals surface area contributed by atoms with E-state index in [-0.39, 0.29) is 34.9 Å². The summed E-state index contributed by atoms with van der Waals surface area (Å²) in [6, 6.07) is 3.35. The number of amides is 1. The van der Waals surface area contributed by atoms with Crippen LogP contribution >= 0.6 is 23.2 Å². The summed E-state index contributed by atoms with van der Waals surface area (Å²) in [5.74, 6) is -0.0298. The van der Waals surface area contributed by atoms with Gasteiger partial charge in [-0.3, -0.25) is 14.2 Å². The standard InChI is InChI=1S/C20H23Cl2N3O2/c1-19(2)6-13-7-20(3,9-19)10-25(13)16(26)8-24-11-23-17-14(18(24)27)4-12(21)5-15(17)22/h4-5,11,13H,6-10H2,1-3H3/t13-,20-/m1/s1. The molecule has 2 fully saturated rings. The first kappa shape index (κ1) is 18.8. The van der Waals surface area contributed by atoms with Crippen LogP contribution in [0.5, 0.6) is 0 Å². The van der Waals surface area contributed by atoms with Crippen LogP contribution in [0.3, 0.4) is 0 Å². The van der Waals surface area contributed by atoms with E-state index < -0.39 is 0 Å². The van der Waals surface area contributed by atoms with Crippen molar-refractivity contribution in [3.8, 4) is 0 Å². The molecule has 144 valence electrons. The molecule has 5 nitrogen and oxygen atoms in total. The zero-order valence-corrected chi connectivity index (χ0v) is 17.3. The van der Waals surface area contributed by atoms with Gasteiger partial charge < -0.3 is 4.90 Å². The molecule has 2 aromatic rings. The lowest BCUT2D eigenvalue weighted by Crippen LogP contribution is -2.40. The summed E-state index contributed by atoms with van der Waals surface area (Å²) in [6.45, 7) is 7.56. The fourth-order valence-corrected chi connectivity index (χ4v) is 5.84.